The molecule has 0 aliphatic rings. The molecule has 4 nitrogen and oxygen atoms in total. The molecule has 0 amide bonds. The summed E-state index contributed by atoms with van der Waals surface area (Å²) < 4.78 is 0. The van der Waals surface area contributed by atoms with Gasteiger partial charge in [0.2, 0.25) is 0 Å². The zero-order valence-electron chi connectivity index (χ0n) is 6.53. The fraction of sp³-hybridized carbons (Fsp3) is 0.833. The van der Waals surface area contributed by atoms with Crippen LogP contribution in [0, 0.1) is 0 Å². The number of amidine groups is 1. The molecule has 0 heterocycles. The summed E-state index contributed by atoms with van der Waals surface area (Å²) in [6.07, 6.45) is 0.739. The quantitative estimate of drug-likeness (QED) is 0.244. The van der Waals surface area contributed by atoms with Crippen LogP contribution in [-0.4, -0.2) is 33.8 Å². The molecule has 0 aromatic carbocycles. The van der Waals surface area contributed by atoms with Crippen LogP contribution in [0.1, 0.15) is 13.3 Å². The number of hydrogen-bond donors (Lipinski definition) is 3. The molecule has 0 aliphatic carbocycles. The lowest BCUT2D eigenvalue weighted by Crippen LogP contribution is -2.16. The van der Waals surface area contributed by atoms with Crippen LogP contribution >= 0.6 is 11.8 Å². The normalized spacial score (nSPS) is 14.9. The van der Waals surface area contributed by atoms with Gasteiger partial charge in [0.05, 0.1) is 5.75 Å². The molecule has 11 heavy (non-hydrogen) atoms. The summed E-state index contributed by atoms with van der Waals surface area (Å²) in [5, 5.41) is 19.9. The molecule has 0 aliphatic heterocycles. The van der Waals surface area contributed by atoms with Crippen molar-refractivity contribution in [1.29, 1.82) is 0 Å². The molecule has 0 aromatic rings. The number of thioether (sulfide) groups is 1. The van der Waals surface area contributed by atoms with E-state index in [0.717, 1.165) is 6.42 Å². The highest BCUT2D eigenvalue weighted by Crippen LogP contribution is 2.12. The third-order valence-corrected chi connectivity index (χ3v) is 2.45. The summed E-state index contributed by atoms with van der Waals surface area (Å²) in [6.45, 7) is 2.18. The Balaban J connectivity index is 3.37. The minimum absolute atomic E-state index is 0.185. The Hall–Kier alpha value is -0.420. The molecular weight excluding hydrogens is 164 g/mol. The average Bonchev–Trinajstić information content (AvgIpc) is 2.01. The maximum Gasteiger partial charge on any atom is 0.149 e. The number of rotatable bonds is 5. The molecule has 4 N–H and O–H groups in total. The van der Waals surface area contributed by atoms with Gasteiger partial charge in [-0.15, -0.1) is 0 Å². The number of oxime groups is 1. The van der Waals surface area contributed by atoms with Crippen molar-refractivity contribution in [2.75, 3.05) is 12.4 Å². The molecule has 66 valence electrons. The van der Waals surface area contributed by atoms with E-state index in [0.29, 0.717) is 11.0 Å². The Kier molecular flexibility index (Phi) is 6.06. The number of aliphatic hydroxyl groups is 1. The van der Waals surface area contributed by atoms with Gasteiger partial charge in [0.1, 0.15) is 5.84 Å². The molecule has 0 spiro atoms. The van der Waals surface area contributed by atoms with Crippen LogP contribution in [0.15, 0.2) is 5.16 Å². The second-order valence-electron chi connectivity index (χ2n) is 2.23. The van der Waals surface area contributed by atoms with Gasteiger partial charge in [-0.3, -0.25) is 0 Å². The van der Waals surface area contributed by atoms with Crippen molar-refractivity contribution in [1.82, 2.24) is 0 Å². The van der Waals surface area contributed by atoms with E-state index in [2.05, 4.69) is 5.16 Å². The number of aliphatic hydroxyl groups excluding tert-OH is 1. The summed E-state index contributed by atoms with van der Waals surface area (Å²) in [5.74, 6) is 0.734. The summed E-state index contributed by atoms with van der Waals surface area (Å²) in [5.41, 5.74) is 5.23. The highest BCUT2D eigenvalue weighted by molar-refractivity contribution is 8.00. The smallest absolute Gasteiger partial charge is 0.149 e. The fourth-order valence-electron chi connectivity index (χ4n) is 0.522. The molecule has 0 aromatic heterocycles. The summed E-state index contributed by atoms with van der Waals surface area (Å²) in [4.78, 5) is 0. The molecule has 5 heteroatoms. The van der Waals surface area contributed by atoms with Gasteiger partial charge in [-0.1, -0.05) is 12.1 Å². The Morgan fingerprint density at radius 2 is 2.36 bits per heavy atom. The lowest BCUT2D eigenvalue weighted by molar-refractivity contribution is 0.289. The monoisotopic (exact) mass is 178 g/mol. The second-order valence-corrected chi connectivity index (χ2v) is 3.65. The van der Waals surface area contributed by atoms with E-state index in [-0.39, 0.29) is 12.4 Å². The summed E-state index contributed by atoms with van der Waals surface area (Å²) in [7, 11) is 0. The largest absolute Gasteiger partial charge is 0.409 e. The third-order valence-electron chi connectivity index (χ3n) is 1.18. The van der Waals surface area contributed by atoms with E-state index in [1.807, 2.05) is 6.92 Å². The van der Waals surface area contributed by atoms with Crippen LogP contribution in [0.25, 0.3) is 0 Å². The molecule has 0 saturated heterocycles. The lowest BCUT2D eigenvalue weighted by Gasteiger charge is -2.07. The molecule has 1 atom stereocenters. The first kappa shape index (κ1) is 10.6. The van der Waals surface area contributed by atoms with Crippen molar-refractivity contribution in [3.05, 3.63) is 0 Å². The average molecular weight is 178 g/mol. The van der Waals surface area contributed by atoms with Gasteiger partial charge >= 0.3 is 0 Å². The van der Waals surface area contributed by atoms with Gasteiger partial charge < -0.3 is 16.0 Å². The van der Waals surface area contributed by atoms with Crippen LogP contribution in [0.5, 0.6) is 0 Å². The van der Waals surface area contributed by atoms with Gasteiger partial charge in [0.25, 0.3) is 0 Å². The SMILES string of the molecule is CC(CCO)SCC(N)=NO. The number of hydrogen-bond acceptors (Lipinski definition) is 4. The van der Waals surface area contributed by atoms with Gasteiger partial charge in [0.15, 0.2) is 0 Å². The van der Waals surface area contributed by atoms with Gasteiger partial charge in [-0.25, -0.2) is 0 Å². The topological polar surface area (TPSA) is 78.8 Å². The Bertz CT molecular complexity index is 130. The maximum absolute atomic E-state index is 8.53. The summed E-state index contributed by atoms with van der Waals surface area (Å²) >= 11 is 1.56. The Labute approximate surface area is 70.5 Å². The van der Waals surface area contributed by atoms with Crippen LogP contribution in [0.3, 0.4) is 0 Å². The predicted octanol–water partition coefficient (Wildman–Crippen LogP) is 0.237. The molecule has 0 fully saturated rings. The lowest BCUT2D eigenvalue weighted by atomic mass is 10.3. The van der Waals surface area contributed by atoms with E-state index < -0.39 is 0 Å². The van der Waals surface area contributed by atoms with E-state index in [9.17, 15) is 0 Å². The van der Waals surface area contributed by atoms with Crippen LogP contribution in [-0.2, 0) is 0 Å². The maximum atomic E-state index is 8.53. The van der Waals surface area contributed by atoms with Crippen molar-refractivity contribution in [2.45, 2.75) is 18.6 Å². The number of nitrogens with zero attached hydrogens (tertiary/aromatic N) is 1. The highest BCUT2D eigenvalue weighted by Gasteiger charge is 2.02. The fourth-order valence-corrected chi connectivity index (χ4v) is 1.31. The standard InChI is InChI=1S/C6H14N2O2S/c1-5(2-3-9)11-4-6(7)8-10/h5,9-10H,2-4H2,1H3,(H2,7,8). The first-order chi connectivity index (χ1) is 5.20. The summed E-state index contributed by atoms with van der Waals surface area (Å²) in [6, 6.07) is 0. The van der Waals surface area contributed by atoms with Crippen LogP contribution in [0.2, 0.25) is 0 Å². The van der Waals surface area contributed by atoms with Gasteiger partial charge in [-0.2, -0.15) is 11.8 Å². The highest BCUT2D eigenvalue weighted by atomic mass is 32.2. The van der Waals surface area contributed by atoms with Crippen LogP contribution in [0.4, 0.5) is 0 Å². The van der Waals surface area contributed by atoms with Crippen molar-refractivity contribution < 1.29 is 10.3 Å². The Morgan fingerprint density at radius 3 is 2.82 bits per heavy atom. The first-order valence-corrected chi connectivity index (χ1v) is 4.44. The van der Waals surface area contributed by atoms with Gasteiger partial charge in [-0.05, 0) is 6.42 Å². The zero-order valence-corrected chi connectivity index (χ0v) is 7.34. The van der Waals surface area contributed by atoms with E-state index in [1.54, 1.807) is 11.8 Å². The van der Waals surface area contributed by atoms with Crippen molar-refractivity contribution in [2.24, 2.45) is 10.9 Å². The van der Waals surface area contributed by atoms with Crippen LogP contribution < -0.4 is 5.73 Å². The molecule has 0 radical (unpaired) electrons. The molecular formula is C6H14N2O2S. The minimum atomic E-state index is 0.185. The minimum Gasteiger partial charge on any atom is -0.409 e. The first-order valence-electron chi connectivity index (χ1n) is 3.39. The zero-order chi connectivity index (χ0) is 8.69. The van der Waals surface area contributed by atoms with E-state index >= 15 is 0 Å². The molecule has 0 rings (SSSR count). The van der Waals surface area contributed by atoms with E-state index in [1.165, 1.54) is 0 Å². The van der Waals surface area contributed by atoms with Crippen molar-refractivity contribution in [3.8, 4) is 0 Å². The molecule has 0 saturated carbocycles. The molecule has 0 bridgehead atoms. The third kappa shape index (κ3) is 6.00. The van der Waals surface area contributed by atoms with E-state index in [4.69, 9.17) is 16.0 Å². The second kappa shape index (κ2) is 6.30. The van der Waals surface area contributed by atoms with Gasteiger partial charge in [0, 0.05) is 11.9 Å². The molecule has 1 unspecified atom stereocenters. The Morgan fingerprint density at radius 1 is 1.73 bits per heavy atom. The van der Waals surface area contributed by atoms with Crippen molar-refractivity contribution in [3.63, 3.8) is 0 Å². The predicted molar refractivity (Wildman–Crippen MR) is 47.0 cm³/mol. The van der Waals surface area contributed by atoms with Crippen molar-refractivity contribution >= 4 is 17.6 Å². The number of nitrogens with two attached hydrogens (primary N) is 1.